The third-order valence-electron chi connectivity index (χ3n) is 2.65. The van der Waals surface area contributed by atoms with Gasteiger partial charge in [0.05, 0.1) is 0 Å². The molecule has 0 saturated carbocycles. The van der Waals surface area contributed by atoms with Crippen molar-refractivity contribution in [3.05, 3.63) is 0 Å². The number of nitrogens with one attached hydrogen (secondary N) is 1. The fourth-order valence-electron chi connectivity index (χ4n) is 1.72. The molecule has 0 spiro atoms. The molecular formula is C13H29NO. The molecule has 0 amide bonds. The Morgan fingerprint density at radius 2 is 1.87 bits per heavy atom. The van der Waals surface area contributed by atoms with Gasteiger partial charge in [-0.05, 0) is 38.8 Å². The number of hydrogen-bond acceptors (Lipinski definition) is 2. The van der Waals surface area contributed by atoms with Crippen LogP contribution in [-0.4, -0.2) is 26.8 Å². The number of hydrogen-bond donors (Lipinski definition) is 1. The van der Waals surface area contributed by atoms with E-state index in [0.29, 0.717) is 0 Å². The molecule has 1 N–H and O–H groups in total. The second-order valence-corrected chi connectivity index (χ2v) is 4.49. The first-order valence-corrected chi connectivity index (χ1v) is 6.53. The normalized spacial score (nSPS) is 13.0. The standard InChI is InChI=1S/C13H29NO/c1-4-9-13(2)12-15-11-8-6-5-7-10-14-3/h13-14H,4-12H2,1-3H3. The summed E-state index contributed by atoms with van der Waals surface area (Å²) < 4.78 is 5.64. The Balaban J connectivity index is 2.98. The van der Waals surface area contributed by atoms with Gasteiger partial charge in [0.2, 0.25) is 0 Å². The van der Waals surface area contributed by atoms with Gasteiger partial charge < -0.3 is 10.1 Å². The molecule has 0 aliphatic carbocycles. The molecule has 2 heteroatoms. The molecule has 2 nitrogen and oxygen atoms in total. The van der Waals surface area contributed by atoms with Crippen molar-refractivity contribution in [1.29, 1.82) is 0 Å². The van der Waals surface area contributed by atoms with Crippen molar-refractivity contribution in [3.8, 4) is 0 Å². The fourth-order valence-corrected chi connectivity index (χ4v) is 1.72. The summed E-state index contributed by atoms with van der Waals surface area (Å²) >= 11 is 0. The zero-order valence-electron chi connectivity index (χ0n) is 10.8. The van der Waals surface area contributed by atoms with Gasteiger partial charge in [-0.15, -0.1) is 0 Å². The minimum absolute atomic E-state index is 0.735. The third kappa shape index (κ3) is 11.8. The predicted octanol–water partition coefficient (Wildman–Crippen LogP) is 3.22. The van der Waals surface area contributed by atoms with Crippen LogP contribution in [0.5, 0.6) is 0 Å². The second-order valence-electron chi connectivity index (χ2n) is 4.49. The van der Waals surface area contributed by atoms with Crippen LogP contribution in [-0.2, 0) is 4.74 Å². The van der Waals surface area contributed by atoms with Crippen molar-refractivity contribution < 1.29 is 4.74 Å². The number of ether oxygens (including phenoxy) is 1. The molecule has 0 aliphatic rings. The maximum absolute atomic E-state index is 5.64. The van der Waals surface area contributed by atoms with Gasteiger partial charge in [0.1, 0.15) is 0 Å². The highest BCUT2D eigenvalue weighted by atomic mass is 16.5. The lowest BCUT2D eigenvalue weighted by atomic mass is 10.1. The minimum atomic E-state index is 0.735. The van der Waals surface area contributed by atoms with Crippen molar-refractivity contribution in [2.24, 2.45) is 5.92 Å². The van der Waals surface area contributed by atoms with E-state index in [2.05, 4.69) is 19.2 Å². The summed E-state index contributed by atoms with van der Waals surface area (Å²) in [5.41, 5.74) is 0. The molecule has 15 heavy (non-hydrogen) atoms. The Labute approximate surface area is 95.8 Å². The van der Waals surface area contributed by atoms with Crippen LogP contribution in [0.2, 0.25) is 0 Å². The van der Waals surface area contributed by atoms with E-state index in [1.165, 1.54) is 38.5 Å². The summed E-state index contributed by atoms with van der Waals surface area (Å²) in [6.07, 6.45) is 7.72. The van der Waals surface area contributed by atoms with Gasteiger partial charge in [0.25, 0.3) is 0 Å². The molecule has 1 atom stereocenters. The first kappa shape index (κ1) is 14.9. The molecule has 0 bridgehead atoms. The molecule has 0 radical (unpaired) electrons. The highest BCUT2D eigenvalue weighted by Gasteiger charge is 1.99. The lowest BCUT2D eigenvalue weighted by molar-refractivity contribution is 0.0983. The molecule has 0 aliphatic heterocycles. The Morgan fingerprint density at radius 3 is 2.53 bits per heavy atom. The lowest BCUT2D eigenvalue weighted by Gasteiger charge is -2.10. The smallest absolute Gasteiger partial charge is 0.0491 e. The molecule has 0 aromatic rings. The molecule has 0 rings (SSSR count). The Bertz CT molecular complexity index is 117. The zero-order chi connectivity index (χ0) is 11.4. The number of unbranched alkanes of at least 4 members (excludes halogenated alkanes) is 3. The van der Waals surface area contributed by atoms with Gasteiger partial charge in [-0.2, -0.15) is 0 Å². The predicted molar refractivity (Wildman–Crippen MR) is 67.3 cm³/mol. The maximum Gasteiger partial charge on any atom is 0.0491 e. The van der Waals surface area contributed by atoms with Crippen LogP contribution in [0.3, 0.4) is 0 Å². The number of rotatable bonds is 11. The second kappa shape index (κ2) is 12.0. The van der Waals surface area contributed by atoms with E-state index in [-0.39, 0.29) is 0 Å². The van der Waals surface area contributed by atoms with E-state index < -0.39 is 0 Å². The van der Waals surface area contributed by atoms with Crippen LogP contribution in [0.1, 0.15) is 52.4 Å². The van der Waals surface area contributed by atoms with Crippen LogP contribution < -0.4 is 5.32 Å². The van der Waals surface area contributed by atoms with E-state index in [1.54, 1.807) is 0 Å². The monoisotopic (exact) mass is 215 g/mol. The van der Waals surface area contributed by atoms with Crippen LogP contribution in [0.4, 0.5) is 0 Å². The highest BCUT2D eigenvalue weighted by Crippen LogP contribution is 2.06. The summed E-state index contributed by atoms with van der Waals surface area (Å²) in [6.45, 7) is 7.56. The van der Waals surface area contributed by atoms with Crippen molar-refractivity contribution in [2.75, 3.05) is 26.8 Å². The van der Waals surface area contributed by atoms with E-state index in [1.807, 2.05) is 7.05 Å². The van der Waals surface area contributed by atoms with E-state index in [9.17, 15) is 0 Å². The molecule has 0 heterocycles. The quantitative estimate of drug-likeness (QED) is 0.534. The van der Waals surface area contributed by atoms with Crippen LogP contribution in [0, 0.1) is 5.92 Å². The van der Waals surface area contributed by atoms with Crippen molar-refractivity contribution in [2.45, 2.75) is 52.4 Å². The van der Waals surface area contributed by atoms with Gasteiger partial charge in [-0.3, -0.25) is 0 Å². The van der Waals surface area contributed by atoms with Gasteiger partial charge in [-0.1, -0.05) is 33.1 Å². The molecule has 0 aromatic carbocycles. The average Bonchev–Trinajstić information content (AvgIpc) is 2.22. The molecule has 0 saturated heterocycles. The van der Waals surface area contributed by atoms with Crippen LogP contribution in [0.25, 0.3) is 0 Å². The first-order valence-electron chi connectivity index (χ1n) is 6.53. The van der Waals surface area contributed by atoms with E-state index >= 15 is 0 Å². The molecule has 0 aromatic heterocycles. The van der Waals surface area contributed by atoms with E-state index in [0.717, 1.165) is 25.7 Å². The maximum atomic E-state index is 5.64. The van der Waals surface area contributed by atoms with Crippen LogP contribution >= 0.6 is 0 Å². The molecular weight excluding hydrogens is 186 g/mol. The van der Waals surface area contributed by atoms with Crippen molar-refractivity contribution >= 4 is 0 Å². The molecule has 92 valence electrons. The average molecular weight is 215 g/mol. The summed E-state index contributed by atoms with van der Waals surface area (Å²) in [5.74, 6) is 0.735. The largest absolute Gasteiger partial charge is 0.381 e. The van der Waals surface area contributed by atoms with Crippen LogP contribution in [0.15, 0.2) is 0 Å². The topological polar surface area (TPSA) is 21.3 Å². The van der Waals surface area contributed by atoms with Gasteiger partial charge in [0.15, 0.2) is 0 Å². The molecule has 0 fully saturated rings. The minimum Gasteiger partial charge on any atom is -0.381 e. The lowest BCUT2D eigenvalue weighted by Crippen LogP contribution is -2.08. The Morgan fingerprint density at radius 1 is 1.13 bits per heavy atom. The van der Waals surface area contributed by atoms with Crippen molar-refractivity contribution in [3.63, 3.8) is 0 Å². The SMILES string of the molecule is CCCC(C)COCCCCCCNC. The first-order chi connectivity index (χ1) is 7.31. The summed E-state index contributed by atoms with van der Waals surface area (Å²) in [4.78, 5) is 0. The zero-order valence-corrected chi connectivity index (χ0v) is 10.8. The Hall–Kier alpha value is -0.0800. The third-order valence-corrected chi connectivity index (χ3v) is 2.65. The van der Waals surface area contributed by atoms with Gasteiger partial charge >= 0.3 is 0 Å². The summed E-state index contributed by atoms with van der Waals surface area (Å²) in [5, 5.41) is 3.17. The Kier molecular flexibility index (Phi) is 11.9. The summed E-state index contributed by atoms with van der Waals surface area (Å²) in [6, 6.07) is 0. The fraction of sp³-hybridized carbons (Fsp3) is 1.00. The molecule has 1 unspecified atom stereocenters. The van der Waals surface area contributed by atoms with Gasteiger partial charge in [-0.25, -0.2) is 0 Å². The van der Waals surface area contributed by atoms with Gasteiger partial charge in [0, 0.05) is 13.2 Å². The highest BCUT2D eigenvalue weighted by molar-refractivity contribution is 4.50. The van der Waals surface area contributed by atoms with Crippen molar-refractivity contribution in [1.82, 2.24) is 5.32 Å². The summed E-state index contributed by atoms with van der Waals surface area (Å²) in [7, 11) is 2.01. The van der Waals surface area contributed by atoms with E-state index in [4.69, 9.17) is 4.74 Å².